The summed E-state index contributed by atoms with van der Waals surface area (Å²) in [5.41, 5.74) is 1.96. The normalized spacial score (nSPS) is 14.8. The molecule has 3 nitrogen and oxygen atoms in total. The van der Waals surface area contributed by atoms with Gasteiger partial charge in [-0.2, -0.15) is 0 Å². The van der Waals surface area contributed by atoms with Crippen molar-refractivity contribution in [3.05, 3.63) is 47.2 Å². The molecule has 1 fully saturated rings. The molecule has 1 aliphatic carbocycles. The molecule has 0 bridgehead atoms. The van der Waals surface area contributed by atoms with Crippen LogP contribution < -0.4 is 0 Å². The van der Waals surface area contributed by atoms with Crippen LogP contribution >= 0.6 is 11.6 Å². The second kappa shape index (κ2) is 4.46. The number of aromatic hydroxyl groups is 1. The molecule has 0 atom stereocenters. The molecule has 1 N–H and O–H groups in total. The highest BCUT2D eigenvalue weighted by molar-refractivity contribution is 6.32. The van der Waals surface area contributed by atoms with Crippen molar-refractivity contribution in [2.45, 2.75) is 18.9 Å². The lowest BCUT2D eigenvalue weighted by molar-refractivity contribution is 0.475. The molecule has 0 spiro atoms. The van der Waals surface area contributed by atoms with E-state index in [4.69, 9.17) is 11.6 Å². The maximum Gasteiger partial charge on any atom is 0.151 e. The summed E-state index contributed by atoms with van der Waals surface area (Å²) in [7, 11) is 0. The van der Waals surface area contributed by atoms with Crippen molar-refractivity contribution in [2.24, 2.45) is 0 Å². The smallest absolute Gasteiger partial charge is 0.151 e. The molecular formula is C16H12ClFN2O. The van der Waals surface area contributed by atoms with Gasteiger partial charge in [0.1, 0.15) is 17.1 Å². The predicted molar refractivity (Wildman–Crippen MR) is 80.1 cm³/mol. The van der Waals surface area contributed by atoms with Crippen molar-refractivity contribution in [3.63, 3.8) is 0 Å². The molecule has 0 aliphatic heterocycles. The number of halogens is 2. The van der Waals surface area contributed by atoms with Crippen molar-refractivity contribution < 1.29 is 9.50 Å². The van der Waals surface area contributed by atoms with Crippen molar-refractivity contribution >= 4 is 22.6 Å². The fourth-order valence-electron chi connectivity index (χ4n) is 2.63. The minimum absolute atomic E-state index is 0.0284. The Morgan fingerprint density at radius 2 is 2.05 bits per heavy atom. The first-order valence-corrected chi connectivity index (χ1v) is 7.18. The summed E-state index contributed by atoms with van der Waals surface area (Å²) < 4.78 is 16.1. The molecule has 106 valence electrons. The number of nitrogens with zero attached hydrogens (tertiary/aromatic N) is 2. The van der Waals surface area contributed by atoms with Crippen molar-refractivity contribution in [1.29, 1.82) is 0 Å². The molecule has 21 heavy (non-hydrogen) atoms. The average Bonchev–Trinajstić information content (AvgIpc) is 3.22. The Labute approximate surface area is 125 Å². The lowest BCUT2D eigenvalue weighted by Gasteiger charge is -2.08. The van der Waals surface area contributed by atoms with Gasteiger partial charge in [0.05, 0.1) is 10.5 Å². The number of aromatic nitrogens is 2. The van der Waals surface area contributed by atoms with Gasteiger partial charge in [-0.15, -0.1) is 0 Å². The van der Waals surface area contributed by atoms with Crippen LogP contribution in [0.4, 0.5) is 4.39 Å². The number of rotatable bonds is 2. The standard InChI is InChI=1S/C16H12ClFN2O/c17-11-8-9(4-7-14(11)21)16-19-15-12(18)2-1-3-13(15)20(16)10-5-6-10/h1-4,7-8,10,21H,5-6H2. The highest BCUT2D eigenvalue weighted by Crippen LogP contribution is 2.42. The molecule has 1 aromatic heterocycles. The van der Waals surface area contributed by atoms with E-state index < -0.39 is 0 Å². The lowest BCUT2D eigenvalue weighted by Crippen LogP contribution is -1.97. The minimum Gasteiger partial charge on any atom is -0.506 e. The van der Waals surface area contributed by atoms with Gasteiger partial charge in [-0.25, -0.2) is 9.37 Å². The van der Waals surface area contributed by atoms with Crippen LogP contribution in [0.2, 0.25) is 5.02 Å². The summed E-state index contributed by atoms with van der Waals surface area (Å²) in [6.45, 7) is 0. The van der Waals surface area contributed by atoms with Gasteiger partial charge >= 0.3 is 0 Å². The van der Waals surface area contributed by atoms with Gasteiger partial charge in [-0.05, 0) is 43.2 Å². The highest BCUT2D eigenvalue weighted by atomic mass is 35.5. The number of phenolic OH excluding ortho intramolecular Hbond substituents is 1. The zero-order valence-electron chi connectivity index (χ0n) is 11.1. The van der Waals surface area contributed by atoms with E-state index in [1.54, 1.807) is 18.2 Å². The van der Waals surface area contributed by atoms with E-state index in [2.05, 4.69) is 9.55 Å². The second-order valence-electron chi connectivity index (χ2n) is 5.31. The van der Waals surface area contributed by atoms with Crippen LogP contribution in [-0.2, 0) is 0 Å². The Bertz CT molecular complexity index is 855. The number of hydrogen-bond acceptors (Lipinski definition) is 2. The van der Waals surface area contributed by atoms with Crippen LogP contribution in [0, 0.1) is 5.82 Å². The second-order valence-corrected chi connectivity index (χ2v) is 5.72. The Hall–Kier alpha value is -2.07. The molecule has 0 saturated heterocycles. The highest BCUT2D eigenvalue weighted by Gasteiger charge is 2.29. The van der Waals surface area contributed by atoms with E-state index in [9.17, 15) is 9.50 Å². The van der Waals surface area contributed by atoms with Crippen LogP contribution in [-0.4, -0.2) is 14.7 Å². The fraction of sp³-hybridized carbons (Fsp3) is 0.188. The van der Waals surface area contributed by atoms with Crippen molar-refractivity contribution in [3.8, 4) is 17.1 Å². The van der Waals surface area contributed by atoms with E-state index >= 15 is 0 Å². The number of benzene rings is 2. The number of hydrogen-bond donors (Lipinski definition) is 1. The maximum absolute atomic E-state index is 14.0. The van der Waals surface area contributed by atoms with E-state index in [1.165, 1.54) is 12.1 Å². The molecule has 3 aromatic rings. The summed E-state index contributed by atoms with van der Waals surface area (Å²) in [5, 5.41) is 9.81. The van der Waals surface area contributed by atoms with Gasteiger partial charge in [-0.1, -0.05) is 17.7 Å². The van der Waals surface area contributed by atoms with Crippen molar-refractivity contribution in [2.75, 3.05) is 0 Å². The molecule has 1 heterocycles. The van der Waals surface area contributed by atoms with Gasteiger partial charge < -0.3 is 9.67 Å². The summed E-state index contributed by atoms with van der Waals surface area (Å²) in [6, 6.07) is 10.3. The third-order valence-electron chi connectivity index (χ3n) is 3.79. The van der Waals surface area contributed by atoms with Crippen LogP contribution in [0.25, 0.3) is 22.4 Å². The van der Waals surface area contributed by atoms with Crippen LogP contribution in [0.15, 0.2) is 36.4 Å². The van der Waals surface area contributed by atoms with Crippen LogP contribution in [0.1, 0.15) is 18.9 Å². The Kier molecular flexibility index (Phi) is 2.69. The average molecular weight is 303 g/mol. The van der Waals surface area contributed by atoms with E-state index in [1.807, 2.05) is 6.07 Å². The fourth-order valence-corrected chi connectivity index (χ4v) is 2.82. The van der Waals surface area contributed by atoms with Crippen LogP contribution in [0.5, 0.6) is 5.75 Å². The Balaban J connectivity index is 2.01. The molecule has 0 amide bonds. The third kappa shape index (κ3) is 1.98. The molecule has 5 heteroatoms. The van der Waals surface area contributed by atoms with Crippen LogP contribution in [0.3, 0.4) is 0 Å². The quantitative estimate of drug-likeness (QED) is 0.755. The van der Waals surface area contributed by atoms with Crippen molar-refractivity contribution in [1.82, 2.24) is 9.55 Å². The monoisotopic (exact) mass is 302 g/mol. The summed E-state index contributed by atoms with van der Waals surface area (Å²) in [6.07, 6.45) is 2.14. The van der Waals surface area contributed by atoms with Gasteiger partial charge in [0.2, 0.25) is 0 Å². The number of fused-ring (bicyclic) bond motifs is 1. The molecule has 2 aromatic carbocycles. The first kappa shape index (κ1) is 12.7. The maximum atomic E-state index is 14.0. The van der Waals surface area contributed by atoms with Gasteiger partial charge in [0.15, 0.2) is 5.82 Å². The Morgan fingerprint density at radius 1 is 1.24 bits per heavy atom. The first-order valence-electron chi connectivity index (χ1n) is 6.80. The minimum atomic E-state index is -0.321. The largest absolute Gasteiger partial charge is 0.506 e. The lowest BCUT2D eigenvalue weighted by atomic mass is 10.2. The molecule has 0 unspecified atom stereocenters. The van der Waals surface area contributed by atoms with E-state index in [0.29, 0.717) is 17.4 Å². The van der Waals surface area contributed by atoms with Gasteiger partial charge in [0, 0.05) is 11.6 Å². The zero-order chi connectivity index (χ0) is 14.6. The van der Waals surface area contributed by atoms with E-state index in [-0.39, 0.29) is 16.6 Å². The van der Waals surface area contributed by atoms with Gasteiger partial charge in [0.25, 0.3) is 0 Å². The molecule has 1 saturated carbocycles. The number of phenols is 1. The summed E-state index contributed by atoms with van der Waals surface area (Å²) in [5.74, 6) is 0.401. The van der Waals surface area contributed by atoms with Gasteiger partial charge in [-0.3, -0.25) is 0 Å². The third-order valence-corrected chi connectivity index (χ3v) is 4.09. The Morgan fingerprint density at radius 3 is 2.76 bits per heavy atom. The molecule has 4 rings (SSSR count). The van der Waals surface area contributed by atoms with E-state index in [0.717, 1.165) is 23.9 Å². The topological polar surface area (TPSA) is 38.1 Å². The summed E-state index contributed by atoms with van der Waals surface area (Å²) >= 11 is 5.98. The molecule has 0 radical (unpaired) electrons. The molecule has 1 aliphatic rings. The number of imidazole rings is 1. The predicted octanol–water partition coefficient (Wildman–Crippen LogP) is 4.54. The zero-order valence-corrected chi connectivity index (χ0v) is 11.8. The molecular weight excluding hydrogens is 291 g/mol. The summed E-state index contributed by atoms with van der Waals surface area (Å²) in [4.78, 5) is 4.46. The SMILES string of the molecule is Oc1ccc(-c2nc3c(F)cccc3n2C2CC2)cc1Cl. The first-order chi connectivity index (χ1) is 10.1. The number of para-hydroxylation sites is 1.